The molecule has 0 aliphatic rings. The van der Waals surface area contributed by atoms with Crippen LogP contribution in [-0.4, -0.2) is 12.1 Å². The van der Waals surface area contributed by atoms with Crippen LogP contribution < -0.4 is 20.7 Å². The van der Waals surface area contributed by atoms with Crippen molar-refractivity contribution in [2.75, 3.05) is 7.11 Å². The maximum absolute atomic E-state index is 5.43. The van der Waals surface area contributed by atoms with Gasteiger partial charge in [0.15, 0.2) is 0 Å². The van der Waals surface area contributed by atoms with Crippen molar-refractivity contribution in [3.8, 4) is 5.75 Å². The van der Waals surface area contributed by atoms with E-state index in [-0.39, 0.29) is 0 Å². The van der Waals surface area contributed by atoms with Crippen LogP contribution in [0.25, 0.3) is 10.9 Å². The van der Waals surface area contributed by atoms with Crippen molar-refractivity contribution >= 4 is 34.1 Å². The lowest BCUT2D eigenvalue weighted by Crippen LogP contribution is -2.32. The van der Waals surface area contributed by atoms with E-state index >= 15 is 0 Å². The third kappa shape index (κ3) is 3.65. The molecule has 1 heterocycles. The maximum Gasteiger partial charge on any atom is 0.119 e. The van der Waals surface area contributed by atoms with E-state index in [9.17, 15) is 0 Å². The number of aromatic nitrogens is 1. The summed E-state index contributed by atoms with van der Waals surface area (Å²) in [5, 5.41) is 5.36. The van der Waals surface area contributed by atoms with Crippen LogP contribution in [0.2, 0.25) is 0 Å². The molecule has 0 aliphatic carbocycles. The Balaban J connectivity index is 1.74. The van der Waals surface area contributed by atoms with Gasteiger partial charge in [0.05, 0.1) is 12.8 Å². The summed E-state index contributed by atoms with van der Waals surface area (Å²) in [5.41, 5.74) is 2.39. The number of rotatable bonds is 6. The fourth-order valence-electron chi connectivity index (χ4n) is 4.41. The summed E-state index contributed by atoms with van der Waals surface area (Å²) in [7, 11) is -0.198. The van der Waals surface area contributed by atoms with Gasteiger partial charge in [-0.3, -0.25) is 0 Å². The van der Waals surface area contributed by atoms with Crippen molar-refractivity contribution < 1.29 is 4.74 Å². The van der Waals surface area contributed by atoms with Gasteiger partial charge in [0.1, 0.15) is 35.1 Å². The normalized spacial score (nSPS) is 11.5. The second-order valence-electron chi connectivity index (χ2n) is 7.72. The molecular formula is C28H25NOP+. The Hall–Kier alpha value is -3.35. The average Bonchev–Trinajstić information content (AvgIpc) is 3.25. The lowest BCUT2D eigenvalue weighted by molar-refractivity contribution is 0.415. The second kappa shape index (κ2) is 8.41. The number of nitrogens with one attached hydrogen (secondary N) is 1. The Morgan fingerprint density at radius 2 is 1.16 bits per heavy atom. The monoisotopic (exact) mass is 422 g/mol. The molecule has 0 atom stereocenters. The van der Waals surface area contributed by atoms with Crippen LogP contribution in [0.4, 0.5) is 0 Å². The fraction of sp³-hybridized carbons (Fsp3) is 0.0714. The quantitative estimate of drug-likeness (QED) is 0.351. The molecule has 3 heteroatoms. The summed E-state index contributed by atoms with van der Waals surface area (Å²) in [6, 6.07) is 41.5. The SMILES string of the molecule is COc1ccc2[nH]c(C[P+](c3ccccc3)(c3ccccc3)c3ccccc3)cc2c1. The molecule has 1 N–H and O–H groups in total. The topological polar surface area (TPSA) is 25.0 Å². The molecule has 0 spiro atoms. The van der Waals surface area contributed by atoms with Crippen LogP contribution in [0.15, 0.2) is 115 Å². The van der Waals surface area contributed by atoms with E-state index in [1.165, 1.54) is 27.0 Å². The van der Waals surface area contributed by atoms with Gasteiger partial charge in [-0.1, -0.05) is 54.6 Å². The highest BCUT2D eigenvalue weighted by molar-refractivity contribution is 7.95. The largest absolute Gasteiger partial charge is 0.497 e. The van der Waals surface area contributed by atoms with E-state index < -0.39 is 7.26 Å². The molecule has 31 heavy (non-hydrogen) atoms. The highest BCUT2D eigenvalue weighted by Crippen LogP contribution is 2.58. The molecule has 152 valence electrons. The molecule has 4 aromatic carbocycles. The third-order valence-electron chi connectivity index (χ3n) is 5.88. The standard InChI is InChI=1S/C28H25NOP/c1-30-24-17-18-28-22(20-24)19-23(29-28)21-31(25-11-5-2-6-12-25,26-13-7-3-8-14-26)27-15-9-4-10-16-27/h2-20,29H,21H2,1H3/q+1. The van der Waals surface area contributed by atoms with E-state index in [0.717, 1.165) is 17.4 Å². The fourth-order valence-corrected chi connectivity index (χ4v) is 8.57. The number of benzene rings is 4. The molecule has 2 nitrogen and oxygen atoms in total. The van der Waals surface area contributed by atoms with Crippen molar-refractivity contribution in [1.82, 2.24) is 4.98 Å². The van der Waals surface area contributed by atoms with E-state index in [2.05, 4.69) is 114 Å². The number of methoxy groups -OCH3 is 1. The zero-order valence-electron chi connectivity index (χ0n) is 17.5. The maximum atomic E-state index is 5.43. The molecule has 0 saturated heterocycles. The Morgan fingerprint density at radius 1 is 0.645 bits per heavy atom. The van der Waals surface area contributed by atoms with Gasteiger partial charge in [-0.05, 0) is 60.7 Å². The molecule has 5 aromatic rings. The van der Waals surface area contributed by atoms with Crippen LogP contribution in [0, 0.1) is 0 Å². The third-order valence-corrected chi connectivity index (χ3v) is 10.2. The van der Waals surface area contributed by atoms with Crippen molar-refractivity contribution in [2.24, 2.45) is 0 Å². The minimum Gasteiger partial charge on any atom is -0.497 e. The van der Waals surface area contributed by atoms with E-state index in [4.69, 9.17) is 4.74 Å². The van der Waals surface area contributed by atoms with Gasteiger partial charge in [0.2, 0.25) is 0 Å². The van der Waals surface area contributed by atoms with Crippen LogP contribution in [-0.2, 0) is 6.16 Å². The van der Waals surface area contributed by atoms with Gasteiger partial charge < -0.3 is 9.72 Å². The summed E-state index contributed by atoms with van der Waals surface area (Å²) < 4.78 is 5.43. The van der Waals surface area contributed by atoms with E-state index in [1.54, 1.807) is 7.11 Å². The van der Waals surface area contributed by atoms with Gasteiger partial charge in [0.25, 0.3) is 0 Å². The summed E-state index contributed by atoms with van der Waals surface area (Å²) in [4.78, 5) is 3.68. The predicted octanol–water partition coefficient (Wildman–Crippen LogP) is 5.67. The number of H-pyrrole nitrogens is 1. The van der Waals surface area contributed by atoms with Crippen molar-refractivity contribution in [3.63, 3.8) is 0 Å². The molecule has 0 amide bonds. The summed E-state index contributed by atoms with van der Waals surface area (Å²) in [5.74, 6) is 0.883. The second-order valence-corrected chi connectivity index (χ2v) is 11.2. The zero-order chi connectivity index (χ0) is 21.1. The molecule has 1 aromatic heterocycles. The molecule has 0 saturated carbocycles. The lowest BCUT2D eigenvalue weighted by Gasteiger charge is -2.27. The molecular weight excluding hydrogens is 397 g/mol. The molecule has 0 fully saturated rings. The highest BCUT2D eigenvalue weighted by atomic mass is 31.2. The predicted molar refractivity (Wildman–Crippen MR) is 134 cm³/mol. The van der Waals surface area contributed by atoms with Crippen LogP contribution >= 0.6 is 7.26 Å². The Bertz CT molecular complexity index is 1180. The first-order valence-electron chi connectivity index (χ1n) is 10.5. The first-order valence-corrected chi connectivity index (χ1v) is 12.5. The Kier molecular flexibility index (Phi) is 5.32. The average molecular weight is 422 g/mol. The molecule has 0 bridgehead atoms. The molecule has 0 unspecified atom stereocenters. The van der Waals surface area contributed by atoms with E-state index in [1.807, 2.05) is 6.07 Å². The van der Waals surface area contributed by atoms with Crippen LogP contribution in [0.5, 0.6) is 5.75 Å². The first-order chi connectivity index (χ1) is 15.3. The molecule has 5 rings (SSSR count). The number of aromatic amines is 1. The number of hydrogen-bond donors (Lipinski definition) is 1. The number of ether oxygens (including phenoxy) is 1. The summed E-state index contributed by atoms with van der Waals surface area (Å²) >= 11 is 0. The number of fused-ring (bicyclic) bond motifs is 1. The van der Waals surface area contributed by atoms with Crippen molar-refractivity contribution in [1.29, 1.82) is 0 Å². The van der Waals surface area contributed by atoms with Crippen LogP contribution in [0.1, 0.15) is 5.69 Å². The smallest absolute Gasteiger partial charge is 0.119 e. The molecule has 0 aliphatic heterocycles. The van der Waals surface area contributed by atoms with Crippen LogP contribution in [0.3, 0.4) is 0 Å². The number of hydrogen-bond acceptors (Lipinski definition) is 1. The molecule has 0 radical (unpaired) electrons. The summed E-state index contributed by atoms with van der Waals surface area (Å²) in [6.45, 7) is 0. The van der Waals surface area contributed by atoms with Gasteiger partial charge in [-0.25, -0.2) is 0 Å². The van der Waals surface area contributed by atoms with Gasteiger partial charge >= 0.3 is 0 Å². The minimum absolute atomic E-state index is 0.883. The Labute approximate surface area is 183 Å². The zero-order valence-corrected chi connectivity index (χ0v) is 18.4. The highest BCUT2D eigenvalue weighted by Gasteiger charge is 2.45. The first kappa shape index (κ1) is 19.6. The minimum atomic E-state index is -1.91. The van der Waals surface area contributed by atoms with Crippen molar-refractivity contribution in [2.45, 2.75) is 6.16 Å². The lowest BCUT2D eigenvalue weighted by atomic mass is 10.2. The Morgan fingerprint density at radius 3 is 1.65 bits per heavy atom. The van der Waals surface area contributed by atoms with Crippen molar-refractivity contribution in [3.05, 3.63) is 121 Å². The van der Waals surface area contributed by atoms with E-state index in [0.29, 0.717) is 0 Å². The van der Waals surface area contributed by atoms with Gasteiger partial charge in [-0.2, -0.15) is 0 Å². The van der Waals surface area contributed by atoms with Gasteiger partial charge in [0, 0.05) is 10.9 Å². The summed E-state index contributed by atoms with van der Waals surface area (Å²) in [6.07, 6.45) is 0.933. The van der Waals surface area contributed by atoms with Gasteiger partial charge in [-0.15, -0.1) is 0 Å².